The van der Waals surface area contributed by atoms with Gasteiger partial charge in [-0.25, -0.2) is 4.79 Å². The normalized spacial score (nSPS) is 29.1. The Morgan fingerprint density at radius 1 is 1.21 bits per heavy atom. The molecule has 0 radical (unpaired) electrons. The molecule has 1 spiro atoms. The Hall–Kier alpha value is -0.810. The molecule has 2 saturated heterocycles. The van der Waals surface area contributed by atoms with Crippen LogP contribution in [0, 0.1) is 0 Å². The topological polar surface area (TPSA) is 48.0 Å². The van der Waals surface area contributed by atoms with Crippen LogP contribution in [0.25, 0.3) is 0 Å². The van der Waals surface area contributed by atoms with Gasteiger partial charge in [0.05, 0.1) is 25.4 Å². The SMILES string of the molecule is CC(C)(C)OC(=O)N1CCCC2(CC1)COCCO2. The quantitative estimate of drug-likeness (QED) is 0.677. The van der Waals surface area contributed by atoms with Gasteiger partial charge >= 0.3 is 6.09 Å². The zero-order chi connectivity index (χ0) is 13.9. The Kier molecular flexibility index (Phi) is 4.36. The highest BCUT2D eigenvalue weighted by Gasteiger charge is 2.37. The molecule has 0 saturated carbocycles. The number of nitrogens with zero attached hydrogens (tertiary/aromatic N) is 1. The van der Waals surface area contributed by atoms with Gasteiger partial charge in [0.25, 0.3) is 0 Å². The lowest BCUT2D eigenvalue weighted by molar-refractivity contribution is -0.162. The fourth-order valence-electron chi connectivity index (χ4n) is 2.58. The van der Waals surface area contributed by atoms with Crippen LogP contribution >= 0.6 is 0 Å². The van der Waals surface area contributed by atoms with Gasteiger partial charge in [-0.3, -0.25) is 0 Å². The Bertz CT molecular complexity index is 318. The van der Waals surface area contributed by atoms with Gasteiger partial charge in [0.2, 0.25) is 0 Å². The molecule has 0 aromatic rings. The first-order chi connectivity index (χ1) is 8.90. The minimum absolute atomic E-state index is 0.186. The third-order valence-corrected chi connectivity index (χ3v) is 3.55. The fourth-order valence-corrected chi connectivity index (χ4v) is 2.58. The van der Waals surface area contributed by atoms with Crippen molar-refractivity contribution >= 4 is 6.09 Å². The molecule has 0 bridgehead atoms. The van der Waals surface area contributed by atoms with Crippen LogP contribution in [0.5, 0.6) is 0 Å². The van der Waals surface area contributed by atoms with Gasteiger partial charge in [-0.05, 0) is 40.0 Å². The number of carbonyl (C=O) groups excluding carboxylic acids is 1. The van der Waals surface area contributed by atoms with E-state index in [1.807, 2.05) is 20.8 Å². The van der Waals surface area contributed by atoms with E-state index in [-0.39, 0.29) is 11.7 Å². The second kappa shape index (κ2) is 5.67. The zero-order valence-electron chi connectivity index (χ0n) is 12.2. The van der Waals surface area contributed by atoms with Crippen molar-refractivity contribution in [2.24, 2.45) is 0 Å². The molecule has 5 heteroatoms. The average molecular weight is 271 g/mol. The van der Waals surface area contributed by atoms with Crippen LogP contribution in [0.3, 0.4) is 0 Å². The molecule has 0 aromatic heterocycles. The van der Waals surface area contributed by atoms with Crippen LogP contribution in [0.2, 0.25) is 0 Å². The summed E-state index contributed by atoms with van der Waals surface area (Å²) in [6.07, 6.45) is 2.49. The van der Waals surface area contributed by atoms with Crippen molar-refractivity contribution in [3.8, 4) is 0 Å². The summed E-state index contributed by atoms with van der Waals surface area (Å²) in [5, 5.41) is 0. The molecule has 0 N–H and O–H groups in total. The van der Waals surface area contributed by atoms with E-state index in [0.717, 1.165) is 25.8 Å². The zero-order valence-corrected chi connectivity index (χ0v) is 12.2. The van der Waals surface area contributed by atoms with E-state index in [1.165, 1.54) is 0 Å². The van der Waals surface area contributed by atoms with Gasteiger partial charge in [-0.1, -0.05) is 0 Å². The number of rotatable bonds is 0. The molecule has 0 aliphatic carbocycles. The highest BCUT2D eigenvalue weighted by Crippen LogP contribution is 2.29. The summed E-state index contributed by atoms with van der Waals surface area (Å²) in [4.78, 5) is 13.9. The average Bonchev–Trinajstić information content (AvgIpc) is 2.51. The third kappa shape index (κ3) is 4.08. The Morgan fingerprint density at radius 2 is 2.00 bits per heavy atom. The minimum atomic E-state index is -0.439. The van der Waals surface area contributed by atoms with Crippen molar-refractivity contribution in [3.05, 3.63) is 0 Å². The molecule has 2 aliphatic heterocycles. The van der Waals surface area contributed by atoms with E-state index in [2.05, 4.69) is 0 Å². The maximum Gasteiger partial charge on any atom is 0.410 e. The predicted molar refractivity (Wildman–Crippen MR) is 71.2 cm³/mol. The van der Waals surface area contributed by atoms with Gasteiger partial charge in [0.1, 0.15) is 5.60 Å². The first-order valence-electron chi connectivity index (χ1n) is 7.10. The van der Waals surface area contributed by atoms with Crippen LogP contribution in [0.1, 0.15) is 40.0 Å². The second-order valence-electron chi connectivity index (χ2n) is 6.41. The summed E-state index contributed by atoms with van der Waals surface area (Å²) in [7, 11) is 0. The minimum Gasteiger partial charge on any atom is -0.444 e. The second-order valence-corrected chi connectivity index (χ2v) is 6.41. The van der Waals surface area contributed by atoms with Crippen molar-refractivity contribution in [1.82, 2.24) is 4.90 Å². The Morgan fingerprint density at radius 3 is 2.63 bits per heavy atom. The van der Waals surface area contributed by atoms with E-state index in [1.54, 1.807) is 4.90 Å². The summed E-state index contributed by atoms with van der Waals surface area (Å²) >= 11 is 0. The van der Waals surface area contributed by atoms with E-state index >= 15 is 0 Å². The lowest BCUT2D eigenvalue weighted by atomic mass is 9.95. The molecule has 2 aliphatic rings. The van der Waals surface area contributed by atoms with Crippen molar-refractivity contribution < 1.29 is 19.0 Å². The first kappa shape index (κ1) is 14.6. The fraction of sp³-hybridized carbons (Fsp3) is 0.929. The smallest absolute Gasteiger partial charge is 0.410 e. The largest absolute Gasteiger partial charge is 0.444 e. The number of amides is 1. The molecule has 2 fully saturated rings. The summed E-state index contributed by atoms with van der Waals surface area (Å²) in [6, 6.07) is 0. The van der Waals surface area contributed by atoms with E-state index in [9.17, 15) is 4.79 Å². The van der Waals surface area contributed by atoms with Gasteiger partial charge < -0.3 is 19.1 Å². The highest BCUT2D eigenvalue weighted by atomic mass is 16.6. The van der Waals surface area contributed by atoms with Crippen molar-refractivity contribution in [2.75, 3.05) is 32.9 Å². The molecule has 2 rings (SSSR count). The molecule has 1 atom stereocenters. The molecule has 5 nitrogen and oxygen atoms in total. The number of carbonyl (C=O) groups is 1. The molecule has 2 heterocycles. The van der Waals surface area contributed by atoms with Gasteiger partial charge in [-0.2, -0.15) is 0 Å². The maximum atomic E-state index is 12.1. The van der Waals surface area contributed by atoms with E-state index in [0.29, 0.717) is 26.4 Å². The maximum absolute atomic E-state index is 12.1. The summed E-state index contributed by atoms with van der Waals surface area (Å²) in [5.74, 6) is 0. The molecule has 110 valence electrons. The summed E-state index contributed by atoms with van der Waals surface area (Å²) in [6.45, 7) is 9.07. The monoisotopic (exact) mass is 271 g/mol. The summed E-state index contributed by atoms with van der Waals surface area (Å²) < 4.78 is 16.9. The van der Waals surface area contributed by atoms with Crippen molar-refractivity contribution in [2.45, 2.75) is 51.2 Å². The van der Waals surface area contributed by atoms with Crippen molar-refractivity contribution in [1.29, 1.82) is 0 Å². The van der Waals surface area contributed by atoms with E-state index in [4.69, 9.17) is 14.2 Å². The highest BCUT2D eigenvalue weighted by molar-refractivity contribution is 5.68. The molecule has 1 amide bonds. The van der Waals surface area contributed by atoms with Crippen LogP contribution in [0.15, 0.2) is 0 Å². The van der Waals surface area contributed by atoms with Gasteiger partial charge in [-0.15, -0.1) is 0 Å². The first-order valence-corrected chi connectivity index (χ1v) is 7.10. The molecular weight excluding hydrogens is 246 g/mol. The standard InChI is InChI=1S/C14H25NO4/c1-13(2,3)19-12(16)15-7-4-5-14(6-8-15)11-17-9-10-18-14/h4-11H2,1-3H3. The van der Waals surface area contributed by atoms with Crippen molar-refractivity contribution in [3.63, 3.8) is 0 Å². The Balaban J connectivity index is 1.91. The number of hydrogen-bond acceptors (Lipinski definition) is 4. The third-order valence-electron chi connectivity index (χ3n) is 3.55. The number of likely N-dealkylation sites (tertiary alicyclic amines) is 1. The van der Waals surface area contributed by atoms with Crippen LogP contribution in [-0.4, -0.2) is 55.1 Å². The van der Waals surface area contributed by atoms with Crippen LogP contribution < -0.4 is 0 Å². The summed E-state index contributed by atoms with van der Waals surface area (Å²) in [5.41, 5.74) is -0.624. The molecule has 0 aromatic carbocycles. The predicted octanol–water partition coefficient (Wildman–Crippen LogP) is 2.19. The Labute approximate surface area is 115 Å². The van der Waals surface area contributed by atoms with Gasteiger partial charge in [0, 0.05) is 13.1 Å². The number of hydrogen-bond donors (Lipinski definition) is 0. The van der Waals surface area contributed by atoms with Gasteiger partial charge in [0.15, 0.2) is 0 Å². The molecule has 19 heavy (non-hydrogen) atoms. The number of ether oxygens (including phenoxy) is 3. The van der Waals surface area contributed by atoms with E-state index < -0.39 is 5.60 Å². The molecular formula is C14H25NO4. The van der Waals surface area contributed by atoms with Crippen LogP contribution in [-0.2, 0) is 14.2 Å². The van der Waals surface area contributed by atoms with Crippen LogP contribution in [0.4, 0.5) is 4.79 Å². The molecule has 1 unspecified atom stereocenters. The lowest BCUT2D eigenvalue weighted by Gasteiger charge is -2.36. The lowest BCUT2D eigenvalue weighted by Crippen LogP contribution is -2.44.